The molecular weight excluding hydrogens is 324 g/mol. The zero-order valence-corrected chi connectivity index (χ0v) is 15.0. The number of hydrogen-bond donors (Lipinski definition) is 2. The Kier molecular flexibility index (Phi) is 7.89. The van der Waals surface area contributed by atoms with Gasteiger partial charge in [-0.25, -0.2) is 4.79 Å². The van der Waals surface area contributed by atoms with Crippen molar-refractivity contribution in [2.45, 2.75) is 25.8 Å². The molecule has 0 aliphatic rings. The molecule has 1 amide bonds. The van der Waals surface area contributed by atoms with Crippen LogP contribution in [0.1, 0.15) is 20.3 Å². The fourth-order valence-corrected chi connectivity index (χ4v) is 2.88. The van der Waals surface area contributed by atoms with Crippen molar-refractivity contribution < 1.29 is 31.8 Å². The van der Waals surface area contributed by atoms with Crippen molar-refractivity contribution in [2.75, 3.05) is 39.5 Å². The maximum Gasteiger partial charge on any atom is 0.330 e. The number of hydrogen-bond acceptors (Lipinski definition) is 5. The van der Waals surface area contributed by atoms with Crippen LogP contribution in [0.4, 0.5) is 0 Å². The lowest BCUT2D eigenvalue weighted by Gasteiger charge is -2.30. The maximum absolute atomic E-state index is 11.9. The molecule has 0 bridgehead atoms. The molecule has 134 valence electrons. The van der Waals surface area contributed by atoms with E-state index >= 15 is 0 Å². The Bertz CT molecular complexity index is 539. The van der Waals surface area contributed by atoms with E-state index in [1.165, 1.54) is 13.8 Å². The predicted molar refractivity (Wildman–Crippen MR) is 86.3 cm³/mol. The Morgan fingerprint density at radius 1 is 1.30 bits per heavy atom. The lowest BCUT2D eigenvalue weighted by atomic mass is 10.1. The third kappa shape index (κ3) is 11.7. The van der Waals surface area contributed by atoms with Gasteiger partial charge in [-0.2, -0.15) is 8.42 Å². The summed E-state index contributed by atoms with van der Waals surface area (Å²) >= 11 is 0. The second-order valence-corrected chi connectivity index (χ2v) is 8.12. The summed E-state index contributed by atoms with van der Waals surface area (Å²) in [6, 6.07) is 0. The van der Waals surface area contributed by atoms with Gasteiger partial charge in [-0.15, -0.1) is 0 Å². The van der Waals surface area contributed by atoms with Crippen molar-refractivity contribution in [1.29, 1.82) is 0 Å². The molecule has 0 aliphatic carbocycles. The molecule has 0 fully saturated rings. The molecule has 0 aromatic heterocycles. The fraction of sp³-hybridized carbons (Fsp3) is 0.714. The van der Waals surface area contributed by atoms with E-state index in [4.69, 9.17) is 9.29 Å². The van der Waals surface area contributed by atoms with E-state index in [2.05, 4.69) is 11.9 Å². The summed E-state index contributed by atoms with van der Waals surface area (Å²) < 4.78 is 36.0. The monoisotopic (exact) mass is 351 g/mol. The van der Waals surface area contributed by atoms with E-state index in [0.29, 0.717) is 17.6 Å². The van der Waals surface area contributed by atoms with E-state index in [-0.39, 0.29) is 18.9 Å². The molecular formula is C14H27N2O6S+. The average molecular weight is 351 g/mol. The van der Waals surface area contributed by atoms with Crippen LogP contribution in [0.15, 0.2) is 12.7 Å². The summed E-state index contributed by atoms with van der Waals surface area (Å²) in [5.41, 5.74) is -1.05. The van der Waals surface area contributed by atoms with Crippen molar-refractivity contribution in [3.63, 3.8) is 0 Å². The summed E-state index contributed by atoms with van der Waals surface area (Å²) in [5.74, 6) is -1.36. The lowest BCUT2D eigenvalue weighted by molar-refractivity contribution is -0.889. The number of amides is 1. The molecule has 0 heterocycles. The topological polar surface area (TPSA) is 110 Å². The van der Waals surface area contributed by atoms with E-state index in [1.54, 1.807) is 0 Å². The van der Waals surface area contributed by atoms with Crippen LogP contribution in [0.2, 0.25) is 0 Å². The zero-order valence-electron chi connectivity index (χ0n) is 14.2. The molecule has 0 atom stereocenters. The minimum atomic E-state index is -4.17. The quantitative estimate of drug-likeness (QED) is 0.247. The van der Waals surface area contributed by atoms with Gasteiger partial charge in [0.25, 0.3) is 10.1 Å². The predicted octanol–water partition coefficient (Wildman–Crippen LogP) is -0.0353. The van der Waals surface area contributed by atoms with Crippen molar-refractivity contribution in [2.24, 2.45) is 0 Å². The number of carbonyl (C=O) groups is 2. The Labute approximate surface area is 137 Å². The first kappa shape index (κ1) is 21.6. The van der Waals surface area contributed by atoms with Crippen LogP contribution < -0.4 is 5.32 Å². The van der Waals surface area contributed by atoms with Gasteiger partial charge >= 0.3 is 5.97 Å². The van der Waals surface area contributed by atoms with Crippen LogP contribution in [-0.4, -0.2) is 74.4 Å². The van der Waals surface area contributed by atoms with Crippen LogP contribution in [0.25, 0.3) is 0 Å². The van der Waals surface area contributed by atoms with E-state index in [9.17, 15) is 18.0 Å². The van der Waals surface area contributed by atoms with Crippen LogP contribution in [0, 0.1) is 0 Å². The number of carbonyl (C=O) groups excluding carboxylic acids is 2. The van der Waals surface area contributed by atoms with E-state index in [0.717, 1.165) is 6.08 Å². The summed E-state index contributed by atoms with van der Waals surface area (Å²) in [6.07, 6.45) is 1.27. The van der Waals surface area contributed by atoms with Crippen molar-refractivity contribution in [3.8, 4) is 0 Å². The van der Waals surface area contributed by atoms with Crippen molar-refractivity contribution >= 4 is 22.0 Å². The molecule has 8 nitrogen and oxygen atoms in total. The molecule has 0 aromatic rings. The van der Waals surface area contributed by atoms with Gasteiger partial charge in [0.2, 0.25) is 5.91 Å². The minimum Gasteiger partial charge on any atom is -0.457 e. The number of rotatable bonds is 10. The van der Waals surface area contributed by atoms with Gasteiger partial charge in [0.1, 0.15) is 13.2 Å². The SMILES string of the molecule is C=CC(=O)OCC[N+](C)(C)CCC(=O)NC(C)(C)CS(=O)(=O)O. The molecule has 0 unspecified atom stereocenters. The van der Waals surface area contributed by atoms with Crippen LogP contribution >= 0.6 is 0 Å². The van der Waals surface area contributed by atoms with Gasteiger partial charge < -0.3 is 14.5 Å². The average Bonchev–Trinajstić information content (AvgIpc) is 2.32. The molecule has 0 rings (SSSR count). The molecule has 9 heteroatoms. The molecule has 0 saturated carbocycles. The number of quaternary nitrogens is 1. The summed E-state index contributed by atoms with van der Waals surface area (Å²) in [7, 11) is -0.394. The minimum absolute atomic E-state index is 0.178. The molecule has 0 aromatic carbocycles. The van der Waals surface area contributed by atoms with Gasteiger partial charge in [-0.3, -0.25) is 9.35 Å². The smallest absolute Gasteiger partial charge is 0.330 e. The Morgan fingerprint density at radius 3 is 2.35 bits per heavy atom. The number of nitrogens with one attached hydrogen (secondary N) is 1. The molecule has 23 heavy (non-hydrogen) atoms. The highest BCUT2D eigenvalue weighted by Crippen LogP contribution is 2.07. The number of esters is 1. The highest BCUT2D eigenvalue weighted by molar-refractivity contribution is 7.85. The Hall–Kier alpha value is -1.45. The van der Waals surface area contributed by atoms with Crippen LogP contribution in [0.3, 0.4) is 0 Å². The second-order valence-electron chi connectivity index (χ2n) is 6.66. The largest absolute Gasteiger partial charge is 0.457 e. The first-order valence-corrected chi connectivity index (χ1v) is 8.75. The third-order valence-electron chi connectivity index (χ3n) is 3.07. The fourth-order valence-electron chi connectivity index (χ4n) is 1.90. The summed E-state index contributed by atoms with van der Waals surface area (Å²) in [4.78, 5) is 22.9. The van der Waals surface area contributed by atoms with Gasteiger partial charge in [0, 0.05) is 6.08 Å². The maximum atomic E-state index is 11.9. The standard InChI is InChI=1S/C14H26N2O6S/c1-6-13(18)22-10-9-16(4,5)8-7-12(17)15-14(2,3)11-23(19,20)21/h6H,1,7-11H2,2-5H3,(H-,15,17,19,20,21)/p+1. The number of likely N-dealkylation sites (N-methyl/N-ethyl adjacent to an activating group) is 1. The van der Waals surface area contributed by atoms with Gasteiger partial charge in [0.15, 0.2) is 0 Å². The second kappa shape index (κ2) is 8.42. The summed E-state index contributed by atoms with van der Waals surface area (Å²) in [5, 5.41) is 2.58. The lowest BCUT2D eigenvalue weighted by Crippen LogP contribution is -2.50. The highest BCUT2D eigenvalue weighted by atomic mass is 32.2. The number of ether oxygens (including phenoxy) is 1. The van der Waals surface area contributed by atoms with Gasteiger partial charge in [-0.05, 0) is 13.8 Å². The van der Waals surface area contributed by atoms with Crippen molar-refractivity contribution in [3.05, 3.63) is 12.7 Å². The molecule has 0 aliphatic heterocycles. The van der Waals surface area contributed by atoms with Crippen LogP contribution in [-0.2, 0) is 24.4 Å². The Balaban J connectivity index is 4.30. The highest BCUT2D eigenvalue weighted by Gasteiger charge is 2.27. The van der Waals surface area contributed by atoms with Crippen molar-refractivity contribution in [1.82, 2.24) is 5.32 Å². The van der Waals surface area contributed by atoms with E-state index in [1.807, 2.05) is 14.1 Å². The zero-order chi connectivity index (χ0) is 18.3. The van der Waals surface area contributed by atoms with Gasteiger partial charge in [-0.1, -0.05) is 6.58 Å². The van der Waals surface area contributed by atoms with Crippen LogP contribution in [0.5, 0.6) is 0 Å². The Morgan fingerprint density at radius 2 is 1.87 bits per heavy atom. The van der Waals surface area contributed by atoms with Gasteiger partial charge in [0.05, 0.1) is 38.4 Å². The summed E-state index contributed by atoms with van der Waals surface area (Å²) in [6.45, 7) is 7.57. The number of nitrogens with zero attached hydrogens (tertiary/aromatic N) is 1. The first-order valence-electron chi connectivity index (χ1n) is 7.14. The molecule has 0 radical (unpaired) electrons. The normalized spacial score (nSPS) is 12.6. The molecule has 2 N–H and O–H groups in total. The van der Waals surface area contributed by atoms with E-state index < -0.39 is 27.4 Å². The molecule has 0 spiro atoms. The third-order valence-corrected chi connectivity index (χ3v) is 4.16. The first-order chi connectivity index (χ1) is 10.3. The molecule has 0 saturated heterocycles.